The molecule has 2 aromatic heterocycles. The van der Waals surface area contributed by atoms with E-state index in [1.807, 2.05) is 30.3 Å². The molecule has 3 aromatic rings. The highest BCUT2D eigenvalue weighted by molar-refractivity contribution is 6.06. The van der Waals surface area contributed by atoms with Crippen molar-refractivity contribution in [1.29, 1.82) is 0 Å². The number of benzene rings is 1. The van der Waals surface area contributed by atoms with Crippen LogP contribution in [-0.4, -0.2) is 22.7 Å². The normalized spacial score (nSPS) is 11.0. The molecule has 25 heavy (non-hydrogen) atoms. The predicted molar refractivity (Wildman–Crippen MR) is 92.6 cm³/mol. The molecule has 0 spiro atoms. The molecular formula is C19H18N2O4. The van der Waals surface area contributed by atoms with Crippen LogP contribution in [0.25, 0.3) is 6.08 Å². The molecule has 6 heteroatoms. The first-order valence-electron chi connectivity index (χ1n) is 7.70. The lowest BCUT2D eigenvalue weighted by molar-refractivity contribution is 0.104. The van der Waals surface area contributed by atoms with Crippen LogP contribution in [0.4, 0.5) is 0 Å². The molecule has 0 saturated heterocycles. The van der Waals surface area contributed by atoms with Gasteiger partial charge in [0.1, 0.15) is 29.6 Å². The van der Waals surface area contributed by atoms with E-state index in [-0.39, 0.29) is 5.78 Å². The molecule has 6 nitrogen and oxygen atoms in total. The lowest BCUT2D eigenvalue weighted by atomic mass is 10.2. The van der Waals surface area contributed by atoms with E-state index in [0.717, 1.165) is 11.5 Å². The van der Waals surface area contributed by atoms with E-state index in [2.05, 4.69) is 5.10 Å². The minimum Gasteiger partial charge on any atom is -0.497 e. The zero-order valence-corrected chi connectivity index (χ0v) is 14.0. The van der Waals surface area contributed by atoms with E-state index in [4.69, 9.17) is 13.9 Å². The van der Waals surface area contributed by atoms with Crippen molar-refractivity contribution in [3.8, 4) is 11.5 Å². The second-order valence-electron chi connectivity index (χ2n) is 5.37. The number of carbonyl (C=O) groups excluding carboxylic acids is 1. The summed E-state index contributed by atoms with van der Waals surface area (Å²) in [6.07, 6.45) is 6.29. The average Bonchev–Trinajstić information content (AvgIpc) is 3.27. The van der Waals surface area contributed by atoms with Gasteiger partial charge in [-0.3, -0.25) is 9.48 Å². The molecule has 0 atom stereocenters. The lowest BCUT2D eigenvalue weighted by Gasteiger charge is -2.05. The van der Waals surface area contributed by atoms with Crippen LogP contribution >= 0.6 is 0 Å². The van der Waals surface area contributed by atoms with Crippen molar-refractivity contribution in [2.24, 2.45) is 7.05 Å². The molecular weight excluding hydrogens is 320 g/mol. The van der Waals surface area contributed by atoms with Crippen molar-refractivity contribution in [2.75, 3.05) is 7.11 Å². The molecule has 0 aliphatic rings. The third-order valence-electron chi connectivity index (χ3n) is 3.51. The maximum Gasteiger partial charge on any atom is 0.189 e. The van der Waals surface area contributed by atoms with Crippen LogP contribution in [0.3, 0.4) is 0 Å². The molecule has 0 aliphatic carbocycles. The van der Waals surface area contributed by atoms with Gasteiger partial charge >= 0.3 is 0 Å². The van der Waals surface area contributed by atoms with Crippen LogP contribution < -0.4 is 9.47 Å². The third-order valence-corrected chi connectivity index (χ3v) is 3.51. The monoisotopic (exact) mass is 338 g/mol. The molecule has 0 N–H and O–H groups in total. The van der Waals surface area contributed by atoms with Crippen LogP contribution in [0.1, 0.15) is 21.9 Å². The summed E-state index contributed by atoms with van der Waals surface area (Å²) < 4.78 is 18.0. The molecule has 2 heterocycles. The third kappa shape index (κ3) is 4.38. The molecule has 128 valence electrons. The summed E-state index contributed by atoms with van der Waals surface area (Å²) >= 11 is 0. The summed E-state index contributed by atoms with van der Waals surface area (Å²) in [7, 11) is 3.38. The first-order valence-corrected chi connectivity index (χ1v) is 7.70. The molecule has 0 fully saturated rings. The van der Waals surface area contributed by atoms with Crippen molar-refractivity contribution >= 4 is 11.9 Å². The molecule has 3 rings (SSSR count). The van der Waals surface area contributed by atoms with Crippen molar-refractivity contribution in [3.63, 3.8) is 0 Å². The number of rotatable bonds is 7. The second-order valence-corrected chi connectivity index (χ2v) is 5.37. The standard InChI is InChI=1S/C19H18N2O4/c1-21-12-14(11-20-21)19(22)10-9-17-7-8-18(25-17)13-24-16-5-3-15(23-2)4-6-16/h3-12H,13H2,1-2H3/b10-9+. The molecule has 0 saturated carbocycles. The van der Waals surface area contributed by atoms with Gasteiger partial charge in [0.15, 0.2) is 5.78 Å². The van der Waals surface area contributed by atoms with Gasteiger partial charge in [0.05, 0.1) is 18.9 Å². The first kappa shape index (κ1) is 16.6. The number of carbonyl (C=O) groups is 1. The van der Waals surface area contributed by atoms with Gasteiger partial charge in [-0.25, -0.2) is 0 Å². The molecule has 0 radical (unpaired) electrons. The van der Waals surface area contributed by atoms with E-state index >= 15 is 0 Å². The van der Waals surface area contributed by atoms with E-state index in [1.54, 1.807) is 37.2 Å². The Morgan fingerprint density at radius 2 is 1.96 bits per heavy atom. The molecule has 0 bridgehead atoms. The number of methoxy groups -OCH3 is 1. The van der Waals surface area contributed by atoms with Gasteiger partial charge < -0.3 is 13.9 Å². The van der Waals surface area contributed by atoms with Crippen molar-refractivity contribution in [1.82, 2.24) is 9.78 Å². The largest absolute Gasteiger partial charge is 0.497 e. The summed E-state index contributed by atoms with van der Waals surface area (Å²) in [5.74, 6) is 2.63. The van der Waals surface area contributed by atoms with E-state index in [0.29, 0.717) is 23.7 Å². The zero-order valence-electron chi connectivity index (χ0n) is 14.0. The van der Waals surface area contributed by atoms with Crippen molar-refractivity contribution < 1.29 is 18.7 Å². The van der Waals surface area contributed by atoms with Gasteiger partial charge in [-0.15, -0.1) is 0 Å². The van der Waals surface area contributed by atoms with E-state index in [1.165, 1.54) is 12.3 Å². The number of aromatic nitrogens is 2. The zero-order chi connectivity index (χ0) is 17.6. The maximum absolute atomic E-state index is 12.0. The average molecular weight is 338 g/mol. The molecule has 0 unspecified atom stereocenters. The van der Waals surface area contributed by atoms with Gasteiger partial charge in [-0.1, -0.05) is 0 Å². The molecule has 1 aromatic carbocycles. The minimum absolute atomic E-state index is 0.125. The van der Waals surface area contributed by atoms with Gasteiger partial charge in [0.25, 0.3) is 0 Å². The Morgan fingerprint density at radius 1 is 1.20 bits per heavy atom. The number of ether oxygens (including phenoxy) is 2. The Bertz CT molecular complexity index is 875. The number of furan rings is 1. The van der Waals surface area contributed by atoms with E-state index in [9.17, 15) is 4.79 Å². The van der Waals surface area contributed by atoms with E-state index < -0.39 is 0 Å². The topological polar surface area (TPSA) is 66.5 Å². The van der Waals surface area contributed by atoms with Crippen LogP contribution in [0.5, 0.6) is 11.5 Å². The second kappa shape index (κ2) is 7.53. The van der Waals surface area contributed by atoms with Gasteiger partial charge in [-0.2, -0.15) is 5.10 Å². The highest BCUT2D eigenvalue weighted by atomic mass is 16.5. The maximum atomic E-state index is 12.0. The van der Waals surface area contributed by atoms with Crippen molar-refractivity contribution in [2.45, 2.75) is 6.61 Å². The van der Waals surface area contributed by atoms with Crippen LogP contribution in [0, 0.1) is 0 Å². The lowest BCUT2D eigenvalue weighted by Crippen LogP contribution is -1.93. The van der Waals surface area contributed by atoms with Crippen LogP contribution in [0.15, 0.2) is 59.3 Å². The Hall–Kier alpha value is -3.28. The highest BCUT2D eigenvalue weighted by Gasteiger charge is 2.05. The number of hydrogen-bond donors (Lipinski definition) is 0. The van der Waals surface area contributed by atoms with Crippen LogP contribution in [-0.2, 0) is 13.7 Å². The summed E-state index contributed by atoms with van der Waals surface area (Å²) in [4.78, 5) is 12.0. The molecule has 0 aliphatic heterocycles. The van der Waals surface area contributed by atoms with Gasteiger partial charge in [0, 0.05) is 13.2 Å². The Kier molecular flexibility index (Phi) is 4.99. The number of nitrogens with zero attached hydrogens (tertiary/aromatic N) is 2. The summed E-state index contributed by atoms with van der Waals surface area (Å²) in [5, 5.41) is 3.97. The fraction of sp³-hybridized carbons (Fsp3) is 0.158. The fourth-order valence-electron chi connectivity index (χ4n) is 2.19. The smallest absolute Gasteiger partial charge is 0.189 e. The Labute approximate surface area is 145 Å². The quantitative estimate of drug-likeness (QED) is 0.487. The first-order chi connectivity index (χ1) is 12.1. The fourth-order valence-corrected chi connectivity index (χ4v) is 2.19. The Morgan fingerprint density at radius 3 is 2.64 bits per heavy atom. The van der Waals surface area contributed by atoms with Crippen LogP contribution in [0.2, 0.25) is 0 Å². The molecule has 0 amide bonds. The SMILES string of the molecule is COc1ccc(OCc2ccc(/C=C/C(=O)c3cnn(C)c3)o2)cc1. The number of ketones is 1. The van der Waals surface area contributed by atoms with Crippen molar-refractivity contribution in [3.05, 3.63) is 72.0 Å². The Balaban J connectivity index is 1.56. The summed E-state index contributed by atoms with van der Waals surface area (Å²) in [6.45, 7) is 0.302. The van der Waals surface area contributed by atoms with Gasteiger partial charge in [-0.05, 0) is 48.6 Å². The minimum atomic E-state index is -0.125. The summed E-state index contributed by atoms with van der Waals surface area (Å²) in [6, 6.07) is 10.9. The predicted octanol–water partition coefficient (Wildman–Crippen LogP) is 3.50. The number of aryl methyl sites for hydroxylation is 1. The highest BCUT2D eigenvalue weighted by Crippen LogP contribution is 2.19. The number of hydrogen-bond acceptors (Lipinski definition) is 5. The summed E-state index contributed by atoms with van der Waals surface area (Å²) in [5.41, 5.74) is 0.536. The van der Waals surface area contributed by atoms with Gasteiger partial charge in [0.2, 0.25) is 0 Å². The number of allylic oxidation sites excluding steroid dienone is 1.